The minimum absolute atomic E-state index is 0.222. The summed E-state index contributed by atoms with van der Waals surface area (Å²) in [5, 5.41) is 3.38. The number of nitrogens with one attached hydrogen (secondary N) is 1. The monoisotopic (exact) mass is 219 g/mol. The van der Waals surface area contributed by atoms with Crippen LogP contribution in [-0.4, -0.2) is 25.8 Å². The number of hydrogen-bond donors (Lipinski definition) is 1. The number of benzene rings is 1. The fourth-order valence-corrected chi connectivity index (χ4v) is 2.47. The van der Waals surface area contributed by atoms with Gasteiger partial charge in [-0.1, -0.05) is 12.1 Å². The van der Waals surface area contributed by atoms with Gasteiger partial charge in [0.25, 0.3) is 0 Å². The zero-order valence-corrected chi connectivity index (χ0v) is 9.32. The summed E-state index contributed by atoms with van der Waals surface area (Å²) >= 11 is 0. The highest BCUT2D eigenvalue weighted by atomic mass is 16.6. The maximum absolute atomic E-state index is 5.94. The number of ether oxygens (including phenoxy) is 2. The molecule has 2 atom stereocenters. The Kier molecular flexibility index (Phi) is 2.70. The molecule has 0 aliphatic carbocycles. The van der Waals surface area contributed by atoms with Crippen molar-refractivity contribution in [2.24, 2.45) is 5.92 Å². The van der Waals surface area contributed by atoms with Crippen LogP contribution in [0.3, 0.4) is 0 Å². The molecule has 2 heterocycles. The summed E-state index contributed by atoms with van der Waals surface area (Å²) < 4.78 is 11.6. The molecule has 1 N–H and O–H groups in total. The number of fused-ring (bicyclic) bond motifs is 1. The average Bonchev–Trinajstić information content (AvgIpc) is 2.82. The Bertz CT molecular complexity index is 361. The Morgan fingerprint density at radius 3 is 2.94 bits per heavy atom. The normalized spacial score (nSPS) is 28.0. The summed E-state index contributed by atoms with van der Waals surface area (Å²) in [6, 6.07) is 7.90. The third-order valence-electron chi connectivity index (χ3n) is 3.33. The summed E-state index contributed by atoms with van der Waals surface area (Å²) in [5.74, 6) is 2.52. The lowest BCUT2D eigenvalue weighted by atomic mass is 10.0. The molecule has 16 heavy (non-hydrogen) atoms. The van der Waals surface area contributed by atoms with Crippen LogP contribution in [0.1, 0.15) is 12.8 Å². The van der Waals surface area contributed by atoms with E-state index in [-0.39, 0.29) is 6.10 Å². The van der Waals surface area contributed by atoms with Gasteiger partial charge < -0.3 is 14.8 Å². The third-order valence-corrected chi connectivity index (χ3v) is 3.33. The first-order chi connectivity index (χ1) is 7.92. The predicted octanol–water partition coefficient (Wildman–Crippen LogP) is 1.83. The van der Waals surface area contributed by atoms with E-state index in [9.17, 15) is 0 Å². The second kappa shape index (κ2) is 4.34. The molecule has 3 nitrogen and oxygen atoms in total. The Morgan fingerprint density at radius 2 is 2.12 bits per heavy atom. The second-order valence-electron chi connectivity index (χ2n) is 4.59. The van der Waals surface area contributed by atoms with Gasteiger partial charge in [-0.25, -0.2) is 0 Å². The molecule has 1 aromatic carbocycles. The minimum atomic E-state index is 0.222. The van der Waals surface area contributed by atoms with Crippen LogP contribution in [0, 0.1) is 5.92 Å². The number of rotatable bonds is 2. The van der Waals surface area contributed by atoms with Crippen LogP contribution >= 0.6 is 0 Å². The van der Waals surface area contributed by atoms with Crippen LogP contribution in [0.15, 0.2) is 24.3 Å². The van der Waals surface area contributed by atoms with Gasteiger partial charge in [-0.05, 0) is 44.0 Å². The van der Waals surface area contributed by atoms with Crippen LogP contribution in [0.2, 0.25) is 0 Å². The molecular formula is C13H17NO2. The van der Waals surface area contributed by atoms with Crippen LogP contribution in [0.25, 0.3) is 0 Å². The molecule has 1 aromatic rings. The summed E-state index contributed by atoms with van der Waals surface area (Å²) in [6.07, 6.45) is 2.59. The lowest BCUT2D eigenvalue weighted by Crippen LogP contribution is -2.31. The third kappa shape index (κ3) is 2.00. The van der Waals surface area contributed by atoms with E-state index >= 15 is 0 Å². The Hall–Kier alpha value is -1.22. The van der Waals surface area contributed by atoms with Gasteiger partial charge in [-0.15, -0.1) is 0 Å². The first-order valence-corrected chi connectivity index (χ1v) is 6.01. The molecule has 86 valence electrons. The Labute approximate surface area is 95.8 Å². The van der Waals surface area contributed by atoms with E-state index in [1.54, 1.807) is 0 Å². The van der Waals surface area contributed by atoms with Crippen LogP contribution in [-0.2, 0) is 0 Å². The SMILES string of the molecule is c1ccc2c(c1)OCC(CC1CCNC1)O2. The molecule has 0 spiro atoms. The first kappa shape index (κ1) is 9.97. The molecule has 0 aromatic heterocycles. The highest BCUT2D eigenvalue weighted by Gasteiger charge is 2.25. The van der Waals surface area contributed by atoms with Crippen molar-refractivity contribution in [3.05, 3.63) is 24.3 Å². The summed E-state index contributed by atoms with van der Waals surface area (Å²) in [5.41, 5.74) is 0. The molecule has 0 radical (unpaired) electrons. The predicted molar refractivity (Wildman–Crippen MR) is 61.9 cm³/mol. The highest BCUT2D eigenvalue weighted by molar-refractivity contribution is 5.40. The van der Waals surface area contributed by atoms with Crippen molar-refractivity contribution in [1.82, 2.24) is 5.32 Å². The smallest absolute Gasteiger partial charge is 0.161 e. The lowest BCUT2D eigenvalue weighted by molar-refractivity contribution is 0.0741. The molecule has 0 bridgehead atoms. The molecule has 2 aliphatic rings. The zero-order chi connectivity index (χ0) is 10.8. The van der Waals surface area contributed by atoms with Gasteiger partial charge in [-0.2, -0.15) is 0 Å². The van der Waals surface area contributed by atoms with Crippen molar-refractivity contribution in [1.29, 1.82) is 0 Å². The standard InChI is InChI=1S/C13H17NO2/c1-2-4-13-12(3-1)15-9-11(16-13)7-10-5-6-14-8-10/h1-4,10-11,14H,5-9H2. The van der Waals surface area contributed by atoms with Crippen LogP contribution < -0.4 is 14.8 Å². The van der Waals surface area contributed by atoms with Crippen molar-refractivity contribution in [2.75, 3.05) is 19.7 Å². The maximum Gasteiger partial charge on any atom is 0.161 e. The molecule has 0 amide bonds. The Morgan fingerprint density at radius 1 is 1.25 bits per heavy atom. The average molecular weight is 219 g/mol. The van der Waals surface area contributed by atoms with Crippen LogP contribution in [0.4, 0.5) is 0 Å². The van der Waals surface area contributed by atoms with Crippen LogP contribution in [0.5, 0.6) is 11.5 Å². The molecule has 3 rings (SSSR count). The van der Waals surface area contributed by atoms with Gasteiger partial charge in [0.1, 0.15) is 12.7 Å². The van der Waals surface area contributed by atoms with Crippen molar-refractivity contribution in [3.63, 3.8) is 0 Å². The van der Waals surface area contributed by atoms with E-state index in [0.717, 1.165) is 36.9 Å². The minimum Gasteiger partial charge on any atom is -0.486 e. The highest BCUT2D eigenvalue weighted by Crippen LogP contribution is 2.32. The Balaban J connectivity index is 1.63. The second-order valence-corrected chi connectivity index (χ2v) is 4.59. The van der Waals surface area contributed by atoms with E-state index in [1.807, 2.05) is 24.3 Å². The number of hydrogen-bond acceptors (Lipinski definition) is 3. The molecule has 0 saturated carbocycles. The van der Waals surface area contributed by atoms with Crippen molar-refractivity contribution < 1.29 is 9.47 Å². The van der Waals surface area contributed by atoms with Gasteiger partial charge in [0, 0.05) is 0 Å². The van der Waals surface area contributed by atoms with E-state index in [4.69, 9.17) is 9.47 Å². The van der Waals surface area contributed by atoms with E-state index < -0.39 is 0 Å². The van der Waals surface area contributed by atoms with E-state index in [2.05, 4.69) is 5.32 Å². The summed E-state index contributed by atoms with van der Waals surface area (Å²) in [7, 11) is 0. The molecule has 1 fully saturated rings. The topological polar surface area (TPSA) is 30.5 Å². The molecule has 3 heteroatoms. The fourth-order valence-electron chi connectivity index (χ4n) is 2.47. The van der Waals surface area contributed by atoms with Crippen molar-refractivity contribution >= 4 is 0 Å². The van der Waals surface area contributed by atoms with Gasteiger partial charge in [0.15, 0.2) is 11.5 Å². The van der Waals surface area contributed by atoms with Crippen molar-refractivity contribution in [3.8, 4) is 11.5 Å². The zero-order valence-electron chi connectivity index (χ0n) is 9.32. The summed E-state index contributed by atoms with van der Waals surface area (Å²) in [6.45, 7) is 2.96. The largest absolute Gasteiger partial charge is 0.486 e. The first-order valence-electron chi connectivity index (χ1n) is 6.01. The maximum atomic E-state index is 5.94. The summed E-state index contributed by atoms with van der Waals surface area (Å²) in [4.78, 5) is 0. The molecule has 1 saturated heterocycles. The number of para-hydroxylation sites is 2. The molecule has 2 unspecified atom stereocenters. The van der Waals surface area contributed by atoms with E-state index in [0.29, 0.717) is 6.61 Å². The lowest BCUT2D eigenvalue weighted by Gasteiger charge is -2.27. The van der Waals surface area contributed by atoms with Gasteiger partial charge >= 0.3 is 0 Å². The van der Waals surface area contributed by atoms with Gasteiger partial charge in [0.05, 0.1) is 0 Å². The molecule has 2 aliphatic heterocycles. The molecular weight excluding hydrogens is 202 g/mol. The van der Waals surface area contributed by atoms with Gasteiger partial charge in [-0.3, -0.25) is 0 Å². The van der Waals surface area contributed by atoms with Gasteiger partial charge in [0.2, 0.25) is 0 Å². The van der Waals surface area contributed by atoms with E-state index in [1.165, 1.54) is 6.42 Å². The van der Waals surface area contributed by atoms with Crippen molar-refractivity contribution in [2.45, 2.75) is 18.9 Å². The fraction of sp³-hybridized carbons (Fsp3) is 0.538. The quantitative estimate of drug-likeness (QED) is 0.823.